The van der Waals surface area contributed by atoms with Crippen molar-refractivity contribution in [2.45, 2.75) is 25.6 Å². The Balaban J connectivity index is 1.94. The Kier molecular flexibility index (Phi) is 7.49. The highest BCUT2D eigenvalue weighted by molar-refractivity contribution is 7.08. The van der Waals surface area contributed by atoms with Crippen LogP contribution in [0.15, 0.2) is 46.1 Å². The van der Waals surface area contributed by atoms with Crippen molar-refractivity contribution in [3.05, 3.63) is 57.8 Å². The lowest BCUT2D eigenvalue weighted by Gasteiger charge is -2.20. The third-order valence-electron chi connectivity index (χ3n) is 3.82. The van der Waals surface area contributed by atoms with E-state index in [0.717, 1.165) is 17.7 Å². The van der Waals surface area contributed by atoms with Crippen molar-refractivity contribution in [3.8, 4) is 11.8 Å². The van der Waals surface area contributed by atoms with E-state index in [4.69, 9.17) is 0 Å². The number of rotatable bonds is 5. The number of benzene rings is 1. The first kappa shape index (κ1) is 21.8. The topological polar surface area (TPSA) is 56.7 Å². The monoisotopic (exact) mass is 409 g/mol. The van der Waals surface area contributed by atoms with E-state index < -0.39 is 17.3 Å². The number of hydrogen-bond acceptors (Lipinski definition) is 3. The number of aliphatic hydroxyl groups is 1. The fraction of sp³-hybridized carbons (Fsp3) is 0.350. The molecule has 2 aromatic rings. The van der Waals surface area contributed by atoms with Crippen LogP contribution in [-0.4, -0.2) is 30.7 Å². The highest BCUT2D eigenvalue weighted by Crippen LogP contribution is 2.29. The van der Waals surface area contributed by atoms with E-state index in [1.165, 1.54) is 23.5 Å². The summed E-state index contributed by atoms with van der Waals surface area (Å²) in [5.41, 5.74) is -0.472. The minimum absolute atomic E-state index is 0.172. The summed E-state index contributed by atoms with van der Waals surface area (Å²) in [6.45, 7) is 4.69. The van der Waals surface area contributed by atoms with Crippen LogP contribution < -0.4 is 10.6 Å². The second-order valence-corrected chi connectivity index (χ2v) is 6.99. The molecule has 3 N–H and O–H groups in total. The molecule has 0 aliphatic carbocycles. The largest absolute Gasteiger partial charge is 0.416 e. The average Bonchev–Trinajstić information content (AvgIpc) is 3.18. The highest BCUT2D eigenvalue weighted by atomic mass is 32.1. The third kappa shape index (κ3) is 6.59. The minimum atomic E-state index is -4.35. The second kappa shape index (κ2) is 9.62. The Labute approximate surface area is 166 Å². The van der Waals surface area contributed by atoms with Crippen molar-refractivity contribution in [1.82, 2.24) is 10.6 Å². The van der Waals surface area contributed by atoms with E-state index in [2.05, 4.69) is 27.5 Å². The van der Waals surface area contributed by atoms with Gasteiger partial charge >= 0.3 is 6.18 Å². The predicted octanol–water partition coefficient (Wildman–Crippen LogP) is 3.58. The summed E-state index contributed by atoms with van der Waals surface area (Å²) in [6, 6.07) is 6.56. The second-order valence-electron chi connectivity index (χ2n) is 6.21. The first-order chi connectivity index (χ1) is 13.2. The molecule has 1 unspecified atom stereocenters. The molecule has 0 aliphatic rings. The predicted molar refractivity (Wildman–Crippen MR) is 106 cm³/mol. The van der Waals surface area contributed by atoms with Gasteiger partial charge in [0.2, 0.25) is 0 Å². The average molecular weight is 409 g/mol. The van der Waals surface area contributed by atoms with E-state index in [9.17, 15) is 18.3 Å². The van der Waals surface area contributed by atoms with Crippen LogP contribution in [0.1, 0.15) is 30.5 Å². The van der Waals surface area contributed by atoms with E-state index in [0.29, 0.717) is 18.1 Å². The molecule has 1 atom stereocenters. The van der Waals surface area contributed by atoms with Gasteiger partial charge in [-0.3, -0.25) is 0 Å². The molecule has 2 rings (SSSR count). The fourth-order valence-electron chi connectivity index (χ4n) is 2.25. The van der Waals surface area contributed by atoms with Crippen LogP contribution in [0, 0.1) is 11.8 Å². The number of guanidine groups is 1. The van der Waals surface area contributed by atoms with Crippen LogP contribution in [0.2, 0.25) is 0 Å². The molecule has 1 aromatic carbocycles. The fourth-order valence-corrected chi connectivity index (χ4v) is 3.04. The minimum Gasteiger partial charge on any atom is -0.383 e. The quantitative estimate of drug-likeness (QED) is 0.402. The molecule has 28 heavy (non-hydrogen) atoms. The van der Waals surface area contributed by atoms with Gasteiger partial charge in [-0.15, -0.1) is 0 Å². The standard InChI is InChI=1S/C20H22F3N3OS/c1-3-24-18(26-14-19(2,27)17-10-12-28-13-17)25-11-4-5-15-6-8-16(9-7-15)20(21,22)23/h6-10,12-13,27H,3,11,14H2,1-2H3,(H2,24,25,26). The number of thiophene rings is 1. The summed E-state index contributed by atoms with van der Waals surface area (Å²) in [7, 11) is 0. The number of nitrogens with one attached hydrogen (secondary N) is 2. The summed E-state index contributed by atoms with van der Waals surface area (Å²) >= 11 is 1.51. The lowest BCUT2D eigenvalue weighted by atomic mass is 10.00. The van der Waals surface area contributed by atoms with Gasteiger partial charge in [0.25, 0.3) is 0 Å². The lowest BCUT2D eigenvalue weighted by molar-refractivity contribution is -0.137. The first-order valence-corrected chi connectivity index (χ1v) is 9.60. The number of nitrogens with zero attached hydrogens (tertiary/aromatic N) is 1. The zero-order valence-corrected chi connectivity index (χ0v) is 16.4. The molecule has 4 nitrogen and oxygen atoms in total. The van der Waals surface area contributed by atoms with Gasteiger partial charge in [0.1, 0.15) is 5.60 Å². The Hall–Kier alpha value is -2.50. The SMILES string of the molecule is CCNC(=NCC(C)(O)c1ccsc1)NCC#Cc1ccc(C(F)(F)F)cc1. The normalized spacial score (nSPS) is 14.0. The summed E-state index contributed by atoms with van der Waals surface area (Å²) in [5.74, 6) is 6.15. The highest BCUT2D eigenvalue weighted by Gasteiger charge is 2.29. The van der Waals surface area contributed by atoms with Gasteiger partial charge < -0.3 is 15.7 Å². The van der Waals surface area contributed by atoms with Crippen LogP contribution in [-0.2, 0) is 11.8 Å². The Morgan fingerprint density at radius 1 is 1.14 bits per heavy atom. The molecule has 0 spiro atoms. The molecule has 0 saturated carbocycles. The molecule has 0 fully saturated rings. The molecule has 150 valence electrons. The van der Waals surface area contributed by atoms with Crippen molar-refractivity contribution >= 4 is 17.3 Å². The zero-order chi connectivity index (χ0) is 20.6. The smallest absolute Gasteiger partial charge is 0.383 e. The maximum Gasteiger partial charge on any atom is 0.416 e. The van der Waals surface area contributed by atoms with Crippen molar-refractivity contribution in [2.75, 3.05) is 19.6 Å². The Morgan fingerprint density at radius 3 is 2.43 bits per heavy atom. The van der Waals surface area contributed by atoms with Crippen LogP contribution in [0.3, 0.4) is 0 Å². The van der Waals surface area contributed by atoms with Gasteiger partial charge in [0.05, 0.1) is 18.7 Å². The van der Waals surface area contributed by atoms with E-state index in [1.54, 1.807) is 6.92 Å². The van der Waals surface area contributed by atoms with Gasteiger partial charge in [-0.05, 0) is 60.5 Å². The third-order valence-corrected chi connectivity index (χ3v) is 4.50. The van der Waals surface area contributed by atoms with Crippen molar-refractivity contribution in [1.29, 1.82) is 0 Å². The van der Waals surface area contributed by atoms with Crippen LogP contribution in [0.4, 0.5) is 13.2 Å². The molecule has 0 radical (unpaired) electrons. The number of aliphatic imine (C=N–C) groups is 1. The maximum atomic E-state index is 12.6. The maximum absolute atomic E-state index is 12.6. The van der Waals surface area contributed by atoms with Gasteiger partial charge in [0.15, 0.2) is 5.96 Å². The summed E-state index contributed by atoms with van der Waals surface area (Å²) in [4.78, 5) is 4.38. The molecular weight excluding hydrogens is 387 g/mol. The van der Waals surface area contributed by atoms with Crippen molar-refractivity contribution in [2.24, 2.45) is 4.99 Å². The van der Waals surface area contributed by atoms with Gasteiger partial charge in [0, 0.05) is 12.1 Å². The lowest BCUT2D eigenvalue weighted by Crippen LogP contribution is -2.39. The molecule has 0 amide bonds. The molecule has 0 bridgehead atoms. The zero-order valence-electron chi connectivity index (χ0n) is 15.6. The van der Waals surface area contributed by atoms with Crippen LogP contribution in [0.25, 0.3) is 0 Å². The summed E-state index contributed by atoms with van der Waals surface area (Å²) in [5, 5.41) is 20.4. The molecule has 1 heterocycles. The van der Waals surface area contributed by atoms with Crippen molar-refractivity contribution < 1.29 is 18.3 Å². The summed E-state index contributed by atoms with van der Waals surface area (Å²) < 4.78 is 37.7. The molecule has 0 saturated heterocycles. The summed E-state index contributed by atoms with van der Waals surface area (Å²) in [6.07, 6.45) is -4.35. The Morgan fingerprint density at radius 2 is 1.86 bits per heavy atom. The van der Waals surface area contributed by atoms with E-state index >= 15 is 0 Å². The molecule has 0 aliphatic heterocycles. The van der Waals surface area contributed by atoms with Gasteiger partial charge in [-0.1, -0.05) is 11.8 Å². The van der Waals surface area contributed by atoms with E-state index in [-0.39, 0.29) is 13.1 Å². The first-order valence-electron chi connectivity index (χ1n) is 8.66. The van der Waals surface area contributed by atoms with Gasteiger partial charge in [-0.25, -0.2) is 4.99 Å². The Bertz CT molecular complexity index is 832. The number of halogens is 3. The molecule has 8 heteroatoms. The number of alkyl halides is 3. The number of hydrogen-bond donors (Lipinski definition) is 3. The molecular formula is C20H22F3N3OS. The van der Waals surface area contributed by atoms with E-state index in [1.807, 2.05) is 23.8 Å². The van der Waals surface area contributed by atoms with Crippen LogP contribution in [0.5, 0.6) is 0 Å². The molecule has 1 aromatic heterocycles. The van der Waals surface area contributed by atoms with Crippen LogP contribution >= 0.6 is 11.3 Å². The van der Waals surface area contributed by atoms with Crippen molar-refractivity contribution in [3.63, 3.8) is 0 Å². The van der Waals surface area contributed by atoms with Gasteiger partial charge in [-0.2, -0.15) is 24.5 Å².